The third-order valence-corrected chi connectivity index (χ3v) is 8.89. The number of aliphatic hydroxyl groups excluding tert-OH is 1. The maximum absolute atomic E-state index is 14.9. The third kappa shape index (κ3) is 5.79. The predicted molar refractivity (Wildman–Crippen MR) is 162 cm³/mol. The Hall–Kier alpha value is -3.73. The predicted octanol–water partition coefficient (Wildman–Crippen LogP) is 5.50. The molecule has 2 aromatic carbocycles. The Kier molecular flexibility index (Phi) is 8.26. The number of carbonyl (C=O) groups is 1. The van der Waals surface area contributed by atoms with E-state index in [-0.39, 0.29) is 30.1 Å². The maximum Gasteiger partial charge on any atom is 0.354 e. The highest BCUT2D eigenvalue weighted by atomic mass is 35.5. The first kappa shape index (κ1) is 29.3. The number of aromatic carboxylic acids is 1. The number of rotatable bonds is 8. The van der Waals surface area contributed by atoms with E-state index in [4.69, 9.17) is 21.3 Å². The second kappa shape index (κ2) is 12.1. The SMILES string of the molecule is C[C@H](CO)Cn1c(CN2CCC(c3cccc4c3N(C)[C@@H](c3ccc(Cl)cc3F)CO4)CC2)nc2ccc(C(=O)O)nc21. The molecule has 0 amide bonds. The van der Waals surface area contributed by atoms with Gasteiger partial charge < -0.3 is 24.4 Å². The summed E-state index contributed by atoms with van der Waals surface area (Å²) in [6.07, 6.45) is 1.86. The summed E-state index contributed by atoms with van der Waals surface area (Å²) in [5.41, 5.74) is 3.91. The van der Waals surface area contributed by atoms with Crippen molar-refractivity contribution in [3.05, 3.63) is 82.0 Å². The zero-order valence-electron chi connectivity index (χ0n) is 24.2. The lowest BCUT2D eigenvalue weighted by Gasteiger charge is -2.40. The van der Waals surface area contributed by atoms with Crippen molar-refractivity contribution in [2.75, 3.05) is 38.3 Å². The molecule has 0 spiro atoms. The standard InChI is InChI=1S/C32H35ClFN5O4/c1-19(17-40)15-39-29(35-25-8-9-26(32(41)42)36-31(25)39)16-38-12-10-20(11-13-38)22-4-3-5-28-30(22)37(2)27(18-43-28)23-7-6-21(33)14-24(23)34/h3-9,14,19-20,27,40H,10-13,15-18H2,1-2H3,(H,41,42)/t19-,27+/m0/s1. The summed E-state index contributed by atoms with van der Waals surface area (Å²) in [5, 5.41) is 19.5. The van der Waals surface area contributed by atoms with Crippen molar-refractivity contribution in [3.63, 3.8) is 0 Å². The van der Waals surface area contributed by atoms with E-state index in [1.807, 2.05) is 30.7 Å². The van der Waals surface area contributed by atoms with Crippen LogP contribution in [0.3, 0.4) is 0 Å². The van der Waals surface area contributed by atoms with Crippen LogP contribution < -0.4 is 9.64 Å². The summed E-state index contributed by atoms with van der Waals surface area (Å²) in [6.45, 7) is 5.08. The van der Waals surface area contributed by atoms with Gasteiger partial charge in [0.25, 0.3) is 0 Å². The van der Waals surface area contributed by atoms with Crippen molar-refractivity contribution in [1.82, 2.24) is 19.4 Å². The van der Waals surface area contributed by atoms with Gasteiger partial charge in [-0.05, 0) is 73.7 Å². The van der Waals surface area contributed by atoms with Crippen molar-refractivity contribution in [2.45, 2.75) is 44.8 Å². The Labute approximate surface area is 254 Å². The number of likely N-dealkylation sites (N-methyl/N-ethyl adjacent to an activating group) is 1. The molecule has 0 aliphatic carbocycles. The highest BCUT2D eigenvalue weighted by Crippen LogP contribution is 2.46. The zero-order chi connectivity index (χ0) is 30.2. The topological polar surface area (TPSA) is 104 Å². The second-order valence-electron chi connectivity index (χ2n) is 11.6. The number of hydrogen-bond acceptors (Lipinski definition) is 7. The first-order valence-corrected chi connectivity index (χ1v) is 15.0. The molecule has 2 N–H and O–H groups in total. The van der Waals surface area contributed by atoms with E-state index in [1.165, 1.54) is 17.7 Å². The lowest BCUT2D eigenvalue weighted by Crippen LogP contribution is -2.37. The van der Waals surface area contributed by atoms with Gasteiger partial charge in [-0.2, -0.15) is 0 Å². The number of aliphatic hydroxyl groups is 1. The smallest absolute Gasteiger partial charge is 0.354 e. The Morgan fingerprint density at radius 1 is 1.14 bits per heavy atom. The number of likely N-dealkylation sites (tertiary alicyclic amines) is 1. The van der Waals surface area contributed by atoms with E-state index in [0.717, 1.165) is 43.2 Å². The Morgan fingerprint density at radius 3 is 2.65 bits per heavy atom. The van der Waals surface area contributed by atoms with E-state index >= 15 is 0 Å². The van der Waals surface area contributed by atoms with Crippen LogP contribution >= 0.6 is 11.6 Å². The summed E-state index contributed by atoms with van der Waals surface area (Å²) in [6, 6.07) is 13.9. The van der Waals surface area contributed by atoms with Crippen molar-refractivity contribution in [3.8, 4) is 5.75 Å². The molecule has 226 valence electrons. The normalized spacial score (nSPS) is 18.4. The second-order valence-corrected chi connectivity index (χ2v) is 12.1. The summed E-state index contributed by atoms with van der Waals surface area (Å²) < 4.78 is 23.0. The minimum Gasteiger partial charge on any atom is -0.489 e. The molecule has 2 atom stereocenters. The molecule has 1 saturated heterocycles. The first-order chi connectivity index (χ1) is 20.7. The number of carboxylic acid groups (broad SMARTS) is 1. The van der Waals surface area contributed by atoms with E-state index in [1.54, 1.807) is 18.2 Å². The monoisotopic (exact) mass is 607 g/mol. The third-order valence-electron chi connectivity index (χ3n) is 8.66. The fourth-order valence-corrected chi connectivity index (χ4v) is 6.48. The van der Waals surface area contributed by atoms with Crippen LogP contribution in [0.2, 0.25) is 5.02 Å². The molecule has 43 heavy (non-hydrogen) atoms. The summed E-state index contributed by atoms with van der Waals surface area (Å²) >= 11 is 6.01. The molecule has 6 rings (SSSR count). The van der Waals surface area contributed by atoms with Gasteiger partial charge >= 0.3 is 5.97 Å². The van der Waals surface area contributed by atoms with Crippen LogP contribution in [0, 0.1) is 11.7 Å². The van der Waals surface area contributed by atoms with Crippen LogP contribution in [0.15, 0.2) is 48.5 Å². The van der Waals surface area contributed by atoms with Crippen LogP contribution in [0.4, 0.5) is 10.1 Å². The minimum atomic E-state index is -1.09. The molecule has 2 aromatic heterocycles. The number of piperidine rings is 1. The minimum absolute atomic E-state index is 0.00814. The van der Waals surface area contributed by atoms with E-state index < -0.39 is 5.97 Å². The van der Waals surface area contributed by atoms with Gasteiger partial charge in [0, 0.05) is 30.8 Å². The molecular formula is C32H35ClFN5O4. The molecule has 0 radical (unpaired) electrons. The molecule has 11 heteroatoms. The highest BCUT2D eigenvalue weighted by Gasteiger charge is 2.33. The largest absolute Gasteiger partial charge is 0.489 e. The number of anilines is 1. The number of nitrogens with zero attached hydrogens (tertiary/aromatic N) is 5. The lowest BCUT2D eigenvalue weighted by molar-refractivity contribution is 0.0690. The molecule has 9 nitrogen and oxygen atoms in total. The average molecular weight is 608 g/mol. The van der Waals surface area contributed by atoms with Crippen molar-refractivity contribution < 1.29 is 24.1 Å². The van der Waals surface area contributed by atoms with Gasteiger partial charge in [0.1, 0.15) is 29.5 Å². The van der Waals surface area contributed by atoms with Crippen LogP contribution in [0.1, 0.15) is 59.2 Å². The Balaban J connectivity index is 1.21. The number of ether oxygens (including phenoxy) is 1. The zero-order valence-corrected chi connectivity index (χ0v) is 25.0. The Morgan fingerprint density at radius 2 is 1.93 bits per heavy atom. The van der Waals surface area contributed by atoms with Crippen molar-refractivity contribution in [1.29, 1.82) is 0 Å². The van der Waals surface area contributed by atoms with Gasteiger partial charge in [0.2, 0.25) is 0 Å². The fourth-order valence-electron chi connectivity index (χ4n) is 6.32. The number of pyridine rings is 1. The van der Waals surface area contributed by atoms with E-state index in [2.05, 4.69) is 20.9 Å². The van der Waals surface area contributed by atoms with Gasteiger partial charge in [-0.1, -0.05) is 36.7 Å². The number of para-hydroxylation sites is 1. The molecule has 4 aromatic rings. The molecule has 2 aliphatic heterocycles. The number of hydrogen-bond donors (Lipinski definition) is 2. The van der Waals surface area contributed by atoms with Gasteiger partial charge in [-0.15, -0.1) is 0 Å². The molecule has 0 bridgehead atoms. The quantitative estimate of drug-likeness (QED) is 0.271. The van der Waals surface area contributed by atoms with Gasteiger partial charge in [0.05, 0.1) is 18.3 Å². The summed E-state index contributed by atoms with van der Waals surface area (Å²) in [7, 11) is 2.00. The summed E-state index contributed by atoms with van der Waals surface area (Å²) in [4.78, 5) is 25.2. The molecular weight excluding hydrogens is 573 g/mol. The average Bonchev–Trinajstić information content (AvgIpc) is 3.33. The summed E-state index contributed by atoms with van der Waals surface area (Å²) in [5.74, 6) is 0.466. The number of benzene rings is 2. The van der Waals surface area contributed by atoms with Crippen LogP contribution in [0.5, 0.6) is 5.75 Å². The van der Waals surface area contributed by atoms with Gasteiger partial charge in [0.15, 0.2) is 11.3 Å². The maximum atomic E-state index is 14.9. The molecule has 1 fully saturated rings. The van der Waals surface area contributed by atoms with Crippen LogP contribution in [0.25, 0.3) is 11.2 Å². The lowest BCUT2D eigenvalue weighted by atomic mass is 9.87. The van der Waals surface area contributed by atoms with Gasteiger partial charge in [-0.25, -0.2) is 19.2 Å². The number of fused-ring (bicyclic) bond motifs is 2. The highest BCUT2D eigenvalue weighted by molar-refractivity contribution is 6.30. The van der Waals surface area contributed by atoms with Crippen LogP contribution in [-0.2, 0) is 13.1 Å². The van der Waals surface area contributed by atoms with Crippen molar-refractivity contribution >= 4 is 34.4 Å². The molecule has 2 aliphatic rings. The molecule has 0 unspecified atom stereocenters. The van der Waals surface area contributed by atoms with E-state index in [0.29, 0.717) is 47.4 Å². The number of halogens is 2. The van der Waals surface area contributed by atoms with Crippen molar-refractivity contribution in [2.24, 2.45) is 5.92 Å². The fraction of sp³-hybridized carbons (Fsp3) is 0.406. The Bertz CT molecular complexity index is 1650. The number of aromatic nitrogens is 3. The number of carboxylic acids is 1. The van der Waals surface area contributed by atoms with Gasteiger partial charge in [-0.3, -0.25) is 4.90 Å². The first-order valence-electron chi connectivity index (χ1n) is 14.6. The molecule has 0 saturated carbocycles. The van der Waals surface area contributed by atoms with Crippen LogP contribution in [-0.4, -0.2) is 69.0 Å². The number of imidazole rings is 1. The van der Waals surface area contributed by atoms with E-state index in [9.17, 15) is 19.4 Å². The molecule has 4 heterocycles.